The first kappa shape index (κ1) is 26.8. The lowest BCUT2D eigenvalue weighted by atomic mass is 9.94. The van der Waals surface area contributed by atoms with Crippen molar-refractivity contribution in [1.82, 2.24) is 0 Å². The van der Waals surface area contributed by atoms with Crippen molar-refractivity contribution in [3.8, 4) is 11.1 Å². The molecule has 0 aliphatic heterocycles. The van der Waals surface area contributed by atoms with E-state index in [0.717, 1.165) is 39.0 Å². The molecule has 10 aromatic rings. The molecule has 0 unspecified atom stereocenters. The molecule has 0 N–H and O–H groups in total. The number of furan rings is 1. The summed E-state index contributed by atoms with van der Waals surface area (Å²) in [5.41, 5.74) is 7.47. The number of nitrogens with zero attached hydrogens (tertiary/aromatic N) is 1. The fourth-order valence-corrected chi connectivity index (χ4v) is 7.60. The molecule has 2 heteroatoms. The first-order chi connectivity index (χ1) is 23.8. The summed E-state index contributed by atoms with van der Waals surface area (Å²) in [6.07, 6.45) is 0. The zero-order valence-electron chi connectivity index (χ0n) is 26.1. The fraction of sp³-hybridized carbons (Fsp3) is 0. The summed E-state index contributed by atoms with van der Waals surface area (Å²) in [7, 11) is 0. The molecule has 0 radical (unpaired) electrons. The van der Waals surface area contributed by atoms with Crippen molar-refractivity contribution in [2.24, 2.45) is 0 Å². The van der Waals surface area contributed by atoms with E-state index < -0.39 is 0 Å². The van der Waals surface area contributed by atoms with E-state index in [1.54, 1.807) is 0 Å². The standard InChI is InChI=1S/C46H29NO/c1-2-11-30(12-3-1)33-15-10-16-35(27-33)47(36-24-26-43-41(29-36)46-38-18-7-5-14-32(38)23-25-44(46)48-43)42-28-34-22-21-31-13-4-6-17-37(31)45(34)40-20-9-8-19-39(40)42/h1-29H. The Bertz CT molecular complexity index is 2850. The summed E-state index contributed by atoms with van der Waals surface area (Å²) >= 11 is 0. The minimum Gasteiger partial charge on any atom is -0.456 e. The maximum atomic E-state index is 6.43. The van der Waals surface area contributed by atoms with Gasteiger partial charge < -0.3 is 9.32 Å². The van der Waals surface area contributed by atoms with E-state index in [2.05, 4.69) is 181 Å². The molecule has 0 aliphatic carbocycles. The maximum absolute atomic E-state index is 6.43. The molecule has 9 aromatic carbocycles. The highest BCUT2D eigenvalue weighted by Gasteiger charge is 2.20. The van der Waals surface area contributed by atoms with Gasteiger partial charge in [0.25, 0.3) is 0 Å². The number of hydrogen-bond donors (Lipinski definition) is 0. The van der Waals surface area contributed by atoms with Crippen LogP contribution in [0.3, 0.4) is 0 Å². The topological polar surface area (TPSA) is 16.4 Å². The second-order valence-electron chi connectivity index (χ2n) is 12.5. The Labute approximate surface area is 277 Å². The van der Waals surface area contributed by atoms with Crippen LogP contribution >= 0.6 is 0 Å². The Morgan fingerprint density at radius 1 is 0.333 bits per heavy atom. The summed E-state index contributed by atoms with van der Waals surface area (Å²) in [6, 6.07) is 63.4. The van der Waals surface area contributed by atoms with Gasteiger partial charge in [0.05, 0.1) is 5.69 Å². The van der Waals surface area contributed by atoms with Gasteiger partial charge in [-0.05, 0) is 91.3 Å². The van der Waals surface area contributed by atoms with Crippen LogP contribution in [0.1, 0.15) is 0 Å². The maximum Gasteiger partial charge on any atom is 0.136 e. The van der Waals surface area contributed by atoms with Crippen LogP contribution in [0, 0.1) is 0 Å². The van der Waals surface area contributed by atoms with E-state index in [0.29, 0.717) is 0 Å². The molecule has 0 amide bonds. The molecule has 0 spiro atoms. The van der Waals surface area contributed by atoms with Crippen LogP contribution in [-0.4, -0.2) is 0 Å². The van der Waals surface area contributed by atoms with Crippen molar-refractivity contribution < 1.29 is 4.42 Å². The van der Waals surface area contributed by atoms with Gasteiger partial charge in [-0.25, -0.2) is 0 Å². The number of hydrogen-bond acceptors (Lipinski definition) is 2. The Hall–Kier alpha value is -6.38. The zero-order chi connectivity index (χ0) is 31.6. The van der Waals surface area contributed by atoms with E-state index in [1.807, 2.05) is 0 Å². The molecule has 224 valence electrons. The van der Waals surface area contributed by atoms with Crippen molar-refractivity contribution in [1.29, 1.82) is 0 Å². The Morgan fingerprint density at radius 3 is 1.75 bits per heavy atom. The molecule has 0 atom stereocenters. The SMILES string of the molecule is c1ccc(-c2cccc(N(c3ccc4oc5ccc6ccccc6c5c4c3)c3cc4ccc5ccccc5c4c4ccccc34)c2)cc1. The average molecular weight is 612 g/mol. The zero-order valence-corrected chi connectivity index (χ0v) is 26.1. The third-order valence-corrected chi connectivity index (χ3v) is 9.78. The van der Waals surface area contributed by atoms with Crippen LogP contribution in [0.5, 0.6) is 0 Å². The smallest absolute Gasteiger partial charge is 0.136 e. The number of anilines is 3. The average Bonchev–Trinajstić information content (AvgIpc) is 3.54. The fourth-order valence-electron chi connectivity index (χ4n) is 7.60. The first-order valence-corrected chi connectivity index (χ1v) is 16.4. The van der Waals surface area contributed by atoms with Crippen molar-refractivity contribution in [3.05, 3.63) is 176 Å². The van der Waals surface area contributed by atoms with E-state index >= 15 is 0 Å². The Balaban J connectivity index is 1.29. The highest BCUT2D eigenvalue weighted by Crippen LogP contribution is 2.46. The van der Waals surface area contributed by atoms with Gasteiger partial charge in [0.1, 0.15) is 11.2 Å². The molecular weight excluding hydrogens is 583 g/mol. The minimum absolute atomic E-state index is 0.887. The Morgan fingerprint density at radius 2 is 0.938 bits per heavy atom. The molecule has 0 fully saturated rings. The predicted octanol–water partition coefficient (Wildman–Crippen LogP) is 13.3. The van der Waals surface area contributed by atoms with Gasteiger partial charge in [0, 0.05) is 27.5 Å². The molecule has 48 heavy (non-hydrogen) atoms. The van der Waals surface area contributed by atoms with Gasteiger partial charge in [-0.2, -0.15) is 0 Å². The quantitative estimate of drug-likeness (QED) is 0.184. The van der Waals surface area contributed by atoms with Crippen LogP contribution in [0.15, 0.2) is 180 Å². The van der Waals surface area contributed by atoms with Crippen molar-refractivity contribution in [3.63, 3.8) is 0 Å². The van der Waals surface area contributed by atoms with Gasteiger partial charge in [-0.15, -0.1) is 0 Å². The predicted molar refractivity (Wildman–Crippen MR) is 204 cm³/mol. The largest absolute Gasteiger partial charge is 0.456 e. The van der Waals surface area contributed by atoms with E-state index in [-0.39, 0.29) is 0 Å². The highest BCUT2D eigenvalue weighted by atomic mass is 16.3. The Kier molecular flexibility index (Phi) is 5.91. The molecule has 0 aliphatic rings. The molecule has 0 saturated carbocycles. The summed E-state index contributed by atoms with van der Waals surface area (Å²) in [6.45, 7) is 0. The molecule has 0 saturated heterocycles. The van der Waals surface area contributed by atoms with Crippen LogP contribution in [0.2, 0.25) is 0 Å². The third-order valence-electron chi connectivity index (χ3n) is 9.78. The van der Waals surface area contributed by atoms with Crippen LogP contribution in [-0.2, 0) is 0 Å². The monoisotopic (exact) mass is 611 g/mol. The molecule has 10 rings (SSSR count). The van der Waals surface area contributed by atoms with E-state index in [1.165, 1.54) is 54.2 Å². The lowest BCUT2D eigenvalue weighted by Gasteiger charge is -2.28. The van der Waals surface area contributed by atoms with Crippen molar-refractivity contribution in [2.45, 2.75) is 0 Å². The second-order valence-corrected chi connectivity index (χ2v) is 12.5. The van der Waals surface area contributed by atoms with E-state index in [4.69, 9.17) is 4.42 Å². The lowest BCUT2D eigenvalue weighted by molar-refractivity contribution is 0.669. The van der Waals surface area contributed by atoms with Gasteiger partial charge in [-0.1, -0.05) is 133 Å². The van der Waals surface area contributed by atoms with Gasteiger partial charge >= 0.3 is 0 Å². The van der Waals surface area contributed by atoms with Gasteiger partial charge in [0.2, 0.25) is 0 Å². The van der Waals surface area contributed by atoms with Crippen molar-refractivity contribution in [2.75, 3.05) is 4.90 Å². The molecule has 1 aromatic heterocycles. The molecule has 0 bridgehead atoms. The first-order valence-electron chi connectivity index (χ1n) is 16.4. The number of benzene rings is 9. The second kappa shape index (κ2) is 10.6. The summed E-state index contributed by atoms with van der Waals surface area (Å²) in [4.78, 5) is 2.42. The molecule has 2 nitrogen and oxygen atoms in total. The number of rotatable bonds is 4. The number of fused-ring (bicyclic) bond motifs is 10. The van der Waals surface area contributed by atoms with Crippen LogP contribution < -0.4 is 4.90 Å². The van der Waals surface area contributed by atoms with E-state index in [9.17, 15) is 0 Å². The lowest BCUT2D eigenvalue weighted by Crippen LogP contribution is -2.11. The van der Waals surface area contributed by atoms with Gasteiger partial charge in [0.15, 0.2) is 0 Å². The third kappa shape index (κ3) is 4.13. The van der Waals surface area contributed by atoms with Crippen LogP contribution in [0.25, 0.3) is 76.2 Å². The van der Waals surface area contributed by atoms with Crippen LogP contribution in [0.4, 0.5) is 17.1 Å². The normalized spacial score (nSPS) is 11.8. The summed E-state index contributed by atoms with van der Waals surface area (Å²) in [5.74, 6) is 0. The molecular formula is C46H29NO. The van der Waals surface area contributed by atoms with Crippen molar-refractivity contribution >= 4 is 82.1 Å². The minimum atomic E-state index is 0.887. The molecule has 1 heterocycles. The summed E-state index contributed by atoms with van der Waals surface area (Å²) < 4.78 is 6.43. The highest BCUT2D eigenvalue weighted by molar-refractivity contribution is 6.24. The van der Waals surface area contributed by atoms with Gasteiger partial charge in [-0.3, -0.25) is 0 Å². The summed E-state index contributed by atoms with van der Waals surface area (Å²) in [5, 5.41) is 12.1.